The maximum absolute atomic E-state index is 13.4. The number of halogens is 7. The number of aromatic nitrogens is 4. The van der Waals surface area contributed by atoms with E-state index < -0.39 is 36.0 Å². The molecule has 188 valence electrons. The van der Waals surface area contributed by atoms with E-state index in [2.05, 4.69) is 19.9 Å². The monoisotopic (exact) mass is 521 g/mol. The van der Waals surface area contributed by atoms with Crippen LogP contribution in [0.5, 0.6) is 0 Å². The summed E-state index contributed by atoms with van der Waals surface area (Å²) in [5.74, 6) is -4.63. The Morgan fingerprint density at radius 1 is 1.00 bits per heavy atom. The quantitative estimate of drug-likeness (QED) is 0.480. The minimum absolute atomic E-state index is 0.0875. The lowest BCUT2D eigenvalue weighted by Crippen LogP contribution is -2.40. The van der Waals surface area contributed by atoms with Crippen molar-refractivity contribution in [1.82, 2.24) is 19.9 Å². The van der Waals surface area contributed by atoms with Gasteiger partial charge in [-0.25, -0.2) is 4.98 Å². The minimum Gasteiger partial charge on any atom is -0.356 e. The molecule has 1 aromatic carbocycles. The summed E-state index contributed by atoms with van der Waals surface area (Å²) < 4.78 is 91.1. The fourth-order valence-electron chi connectivity index (χ4n) is 4.56. The van der Waals surface area contributed by atoms with Crippen molar-refractivity contribution in [2.45, 2.75) is 31.2 Å². The Kier molecular flexibility index (Phi) is 6.04. The average molecular weight is 522 g/mol. The van der Waals surface area contributed by atoms with Gasteiger partial charge < -0.3 is 19.4 Å². The van der Waals surface area contributed by atoms with Crippen molar-refractivity contribution in [3.05, 3.63) is 46.1 Å². The first-order chi connectivity index (χ1) is 16.5. The van der Waals surface area contributed by atoms with Gasteiger partial charge in [-0.3, -0.25) is 0 Å². The van der Waals surface area contributed by atoms with Crippen LogP contribution in [0.25, 0.3) is 10.9 Å². The summed E-state index contributed by atoms with van der Waals surface area (Å²) in [6, 6.07) is 4.58. The molecule has 0 bridgehead atoms. The second-order valence-corrected chi connectivity index (χ2v) is 8.84. The maximum atomic E-state index is 13.4. The first-order valence-electron chi connectivity index (χ1n) is 10.6. The molecular formula is C21H18ClF6N5O2. The number of ether oxygens (including phenoxy) is 2. The molecule has 2 aliphatic heterocycles. The van der Waals surface area contributed by atoms with Gasteiger partial charge in [-0.1, -0.05) is 11.6 Å². The highest BCUT2D eigenvalue weighted by Gasteiger charge is 2.43. The van der Waals surface area contributed by atoms with Crippen molar-refractivity contribution in [2.75, 3.05) is 31.5 Å². The minimum atomic E-state index is -5.18. The molecule has 1 N–H and O–H groups in total. The van der Waals surface area contributed by atoms with Gasteiger partial charge in [0.15, 0.2) is 0 Å². The van der Waals surface area contributed by atoms with Crippen molar-refractivity contribution < 1.29 is 35.8 Å². The van der Waals surface area contributed by atoms with E-state index in [4.69, 9.17) is 21.1 Å². The number of hydrogen-bond acceptors (Lipinski definition) is 6. The third kappa shape index (κ3) is 4.76. The Balaban J connectivity index is 1.63. The Hall–Kier alpha value is -2.64. The predicted octanol–water partition coefficient (Wildman–Crippen LogP) is 5.16. The molecule has 0 saturated carbocycles. The van der Waals surface area contributed by atoms with E-state index in [0.717, 1.165) is 16.5 Å². The molecule has 0 aliphatic carbocycles. The normalized spacial score (nSPS) is 19.9. The third-order valence-corrected chi connectivity index (χ3v) is 6.27. The van der Waals surface area contributed by atoms with E-state index in [1.807, 2.05) is 0 Å². The molecule has 3 aromatic rings. The maximum Gasteiger partial charge on any atom is 0.451 e. The van der Waals surface area contributed by atoms with Gasteiger partial charge in [-0.2, -0.15) is 36.3 Å². The van der Waals surface area contributed by atoms with Gasteiger partial charge in [0.1, 0.15) is 6.79 Å². The van der Waals surface area contributed by atoms with Crippen molar-refractivity contribution in [2.24, 2.45) is 5.92 Å². The van der Waals surface area contributed by atoms with Crippen LogP contribution in [0, 0.1) is 5.92 Å². The second-order valence-electron chi connectivity index (χ2n) is 8.41. The van der Waals surface area contributed by atoms with Crippen molar-refractivity contribution in [3.63, 3.8) is 0 Å². The number of aromatic amines is 1. The van der Waals surface area contributed by atoms with E-state index in [1.54, 1.807) is 18.2 Å². The molecule has 0 radical (unpaired) electrons. The van der Waals surface area contributed by atoms with Gasteiger partial charge in [0, 0.05) is 34.1 Å². The van der Waals surface area contributed by atoms with Crippen LogP contribution < -0.4 is 4.90 Å². The molecule has 5 rings (SSSR count). The number of nitrogens with one attached hydrogen (secondary N) is 1. The Bertz CT molecular complexity index is 1210. The highest BCUT2D eigenvalue weighted by Crippen LogP contribution is 2.41. The molecule has 0 spiro atoms. The summed E-state index contributed by atoms with van der Waals surface area (Å²) in [6.45, 7) is 0.887. The van der Waals surface area contributed by atoms with Crippen LogP contribution in [0.2, 0.25) is 5.02 Å². The van der Waals surface area contributed by atoms with Crippen LogP contribution in [-0.2, 0) is 28.2 Å². The summed E-state index contributed by atoms with van der Waals surface area (Å²) in [6.07, 6.45) is -9.71. The molecule has 7 nitrogen and oxygen atoms in total. The highest BCUT2D eigenvalue weighted by molar-refractivity contribution is 6.31. The van der Waals surface area contributed by atoms with Crippen LogP contribution in [0.1, 0.15) is 35.4 Å². The van der Waals surface area contributed by atoms with Gasteiger partial charge in [-0.05, 0) is 36.6 Å². The highest BCUT2D eigenvalue weighted by atomic mass is 35.5. The largest absolute Gasteiger partial charge is 0.451 e. The van der Waals surface area contributed by atoms with Gasteiger partial charge >= 0.3 is 12.4 Å². The summed E-state index contributed by atoms with van der Waals surface area (Å²) in [5.41, 5.74) is 2.30. The SMILES string of the molecule is FC(F)(F)c1nc(N2CCc3c([nH]c4ccc(Cl)cc34)[C@@H]2CC2COCOC2)nc(C(F)(F)F)n1. The summed E-state index contributed by atoms with van der Waals surface area (Å²) in [5, 5.41) is 1.35. The lowest BCUT2D eigenvalue weighted by atomic mass is 9.91. The van der Waals surface area contributed by atoms with E-state index in [-0.39, 0.29) is 19.3 Å². The lowest BCUT2D eigenvalue weighted by Gasteiger charge is -2.38. The van der Waals surface area contributed by atoms with Crippen molar-refractivity contribution in [3.8, 4) is 0 Å². The Morgan fingerprint density at radius 3 is 2.29 bits per heavy atom. The molecular weight excluding hydrogens is 504 g/mol. The van der Waals surface area contributed by atoms with E-state index in [0.29, 0.717) is 36.8 Å². The number of H-pyrrole nitrogens is 1. The average Bonchev–Trinajstić information content (AvgIpc) is 3.17. The third-order valence-electron chi connectivity index (χ3n) is 6.03. The molecule has 0 unspecified atom stereocenters. The fraction of sp³-hybridized carbons (Fsp3) is 0.476. The standard InChI is InChI=1S/C21H18ClF6N5O2/c22-11-1-2-14-13(6-11)12-3-4-33(15(16(12)29-14)5-10-7-34-9-35-8-10)19-31-17(20(23,24)25)30-18(32-19)21(26,27)28/h1-2,6,10,15,29H,3-5,7-9H2/t15-/m0/s1. The number of fused-ring (bicyclic) bond motifs is 3. The Labute approximate surface area is 199 Å². The molecule has 0 amide bonds. The molecule has 35 heavy (non-hydrogen) atoms. The predicted molar refractivity (Wildman–Crippen MR) is 112 cm³/mol. The first-order valence-corrected chi connectivity index (χ1v) is 11.0. The zero-order valence-electron chi connectivity index (χ0n) is 17.9. The smallest absolute Gasteiger partial charge is 0.356 e. The van der Waals surface area contributed by atoms with Gasteiger partial charge in [0.2, 0.25) is 17.6 Å². The van der Waals surface area contributed by atoms with Crippen LogP contribution >= 0.6 is 11.6 Å². The lowest BCUT2D eigenvalue weighted by molar-refractivity contribution is -0.155. The number of nitrogens with zero attached hydrogens (tertiary/aromatic N) is 4. The van der Waals surface area contributed by atoms with Gasteiger partial charge in [0.25, 0.3) is 0 Å². The molecule has 2 aromatic heterocycles. The van der Waals surface area contributed by atoms with Crippen molar-refractivity contribution >= 4 is 28.5 Å². The zero-order chi connectivity index (χ0) is 25.0. The number of rotatable bonds is 3. The molecule has 1 fully saturated rings. The van der Waals surface area contributed by atoms with Crippen LogP contribution in [0.15, 0.2) is 18.2 Å². The summed E-state index contributed by atoms with van der Waals surface area (Å²) in [4.78, 5) is 14.1. The summed E-state index contributed by atoms with van der Waals surface area (Å²) >= 11 is 6.16. The summed E-state index contributed by atoms with van der Waals surface area (Å²) in [7, 11) is 0. The number of benzene rings is 1. The fourth-order valence-corrected chi connectivity index (χ4v) is 4.73. The van der Waals surface area contributed by atoms with E-state index >= 15 is 0 Å². The van der Waals surface area contributed by atoms with Crippen LogP contribution in [0.4, 0.5) is 32.3 Å². The molecule has 2 aliphatic rings. The van der Waals surface area contributed by atoms with E-state index in [9.17, 15) is 26.3 Å². The van der Waals surface area contributed by atoms with E-state index in [1.165, 1.54) is 4.90 Å². The zero-order valence-corrected chi connectivity index (χ0v) is 18.6. The second kappa shape index (κ2) is 8.79. The molecule has 14 heteroatoms. The first kappa shape index (κ1) is 24.1. The van der Waals surface area contributed by atoms with Crippen LogP contribution in [0.3, 0.4) is 0 Å². The topological polar surface area (TPSA) is 76.2 Å². The van der Waals surface area contributed by atoms with Crippen LogP contribution in [-0.4, -0.2) is 46.5 Å². The molecule has 1 saturated heterocycles. The van der Waals surface area contributed by atoms with Gasteiger partial charge in [0.05, 0.1) is 19.3 Å². The molecule has 4 heterocycles. The van der Waals surface area contributed by atoms with Crippen molar-refractivity contribution in [1.29, 1.82) is 0 Å². The number of anilines is 1. The number of hydrogen-bond donors (Lipinski definition) is 1. The number of alkyl halides is 6. The molecule has 1 atom stereocenters. The Morgan fingerprint density at radius 2 is 1.66 bits per heavy atom. The van der Waals surface area contributed by atoms with Gasteiger partial charge in [-0.15, -0.1) is 0 Å².